The average molecular weight is 474 g/mol. The molecular formula is C25H20BrN3O2. The van der Waals surface area contributed by atoms with Gasteiger partial charge in [-0.1, -0.05) is 64.5 Å². The van der Waals surface area contributed by atoms with Crippen LogP contribution in [0.2, 0.25) is 0 Å². The molecule has 3 N–H and O–H groups in total. The first kappa shape index (κ1) is 20.6. The van der Waals surface area contributed by atoms with Gasteiger partial charge in [0.2, 0.25) is 0 Å². The highest BCUT2D eigenvalue weighted by Gasteiger charge is 2.15. The van der Waals surface area contributed by atoms with Gasteiger partial charge in [0, 0.05) is 39.2 Å². The molecule has 0 aliphatic carbocycles. The number of carbonyl (C=O) groups is 2. The summed E-state index contributed by atoms with van der Waals surface area (Å²) in [5.74, 6) is -0.706. The fraction of sp³-hybridized carbons (Fsp3) is 0.0400. The van der Waals surface area contributed by atoms with Crippen molar-refractivity contribution < 1.29 is 9.59 Å². The highest BCUT2D eigenvalue weighted by atomic mass is 79.9. The smallest absolute Gasteiger partial charge is 0.268 e. The van der Waals surface area contributed by atoms with Gasteiger partial charge in [0.1, 0.15) is 5.70 Å². The predicted molar refractivity (Wildman–Crippen MR) is 126 cm³/mol. The molecule has 4 rings (SSSR count). The molecule has 0 saturated heterocycles. The Bertz CT molecular complexity index is 1240. The standard InChI is InChI=1S/C25H20BrN3O2/c26-20-12-10-17(11-13-20)15-28-25(31)23(29-24(30)18-6-2-1-3-7-18)14-19-16-27-22-9-5-4-8-21(19)22/h1-14,16,27H,15H2,(H,28,31)(H,29,30). The molecule has 31 heavy (non-hydrogen) atoms. The van der Waals surface area contributed by atoms with E-state index in [1.165, 1.54) is 0 Å². The van der Waals surface area contributed by atoms with E-state index in [1.807, 2.05) is 60.8 Å². The number of benzene rings is 3. The largest absolute Gasteiger partial charge is 0.361 e. The van der Waals surface area contributed by atoms with Gasteiger partial charge in [0.25, 0.3) is 11.8 Å². The highest BCUT2D eigenvalue weighted by Crippen LogP contribution is 2.20. The van der Waals surface area contributed by atoms with E-state index in [2.05, 4.69) is 31.5 Å². The summed E-state index contributed by atoms with van der Waals surface area (Å²) in [6.07, 6.45) is 3.51. The molecule has 0 radical (unpaired) electrons. The number of amides is 2. The van der Waals surface area contributed by atoms with E-state index in [9.17, 15) is 9.59 Å². The molecular weight excluding hydrogens is 454 g/mol. The summed E-state index contributed by atoms with van der Waals surface area (Å²) in [7, 11) is 0. The van der Waals surface area contributed by atoms with E-state index in [0.29, 0.717) is 12.1 Å². The number of aromatic nitrogens is 1. The number of H-pyrrole nitrogens is 1. The second kappa shape index (κ2) is 9.45. The Kier molecular flexibility index (Phi) is 6.29. The predicted octanol–water partition coefficient (Wildman–Crippen LogP) is 5.02. The molecule has 154 valence electrons. The Labute approximate surface area is 188 Å². The summed E-state index contributed by atoms with van der Waals surface area (Å²) in [6.45, 7) is 0.346. The number of aromatic amines is 1. The lowest BCUT2D eigenvalue weighted by molar-refractivity contribution is -0.117. The van der Waals surface area contributed by atoms with Crippen LogP contribution in [0.3, 0.4) is 0 Å². The van der Waals surface area contributed by atoms with Crippen molar-refractivity contribution in [2.45, 2.75) is 6.54 Å². The molecule has 1 aromatic heterocycles. The molecule has 6 heteroatoms. The number of hydrogen-bond acceptors (Lipinski definition) is 2. The van der Waals surface area contributed by atoms with Crippen molar-refractivity contribution in [1.82, 2.24) is 15.6 Å². The monoisotopic (exact) mass is 473 g/mol. The van der Waals surface area contributed by atoms with Crippen molar-refractivity contribution in [1.29, 1.82) is 0 Å². The van der Waals surface area contributed by atoms with Crippen molar-refractivity contribution in [3.8, 4) is 0 Å². The van der Waals surface area contributed by atoms with Gasteiger partial charge in [-0.25, -0.2) is 0 Å². The van der Waals surface area contributed by atoms with Crippen LogP contribution in [-0.2, 0) is 11.3 Å². The summed E-state index contributed by atoms with van der Waals surface area (Å²) >= 11 is 3.40. The molecule has 1 heterocycles. The zero-order valence-corrected chi connectivity index (χ0v) is 18.1. The summed E-state index contributed by atoms with van der Waals surface area (Å²) in [4.78, 5) is 28.9. The average Bonchev–Trinajstić information content (AvgIpc) is 3.21. The van der Waals surface area contributed by atoms with Crippen LogP contribution in [0.4, 0.5) is 0 Å². The molecule has 0 atom stereocenters. The minimum Gasteiger partial charge on any atom is -0.361 e. The van der Waals surface area contributed by atoms with Crippen LogP contribution in [0.15, 0.2) is 95.2 Å². The Balaban J connectivity index is 1.60. The second-order valence-corrected chi connectivity index (χ2v) is 7.89. The molecule has 0 saturated carbocycles. The Hall–Kier alpha value is -3.64. The molecule has 0 aliphatic rings. The highest BCUT2D eigenvalue weighted by molar-refractivity contribution is 9.10. The fourth-order valence-corrected chi connectivity index (χ4v) is 3.46. The van der Waals surface area contributed by atoms with Gasteiger partial charge in [-0.2, -0.15) is 0 Å². The molecule has 0 aliphatic heterocycles. The maximum absolute atomic E-state index is 13.0. The number of nitrogens with one attached hydrogen (secondary N) is 3. The van der Waals surface area contributed by atoms with E-state index in [0.717, 1.165) is 26.5 Å². The molecule has 0 unspecified atom stereocenters. The van der Waals surface area contributed by atoms with Crippen LogP contribution in [0.25, 0.3) is 17.0 Å². The SMILES string of the molecule is O=C(NCc1ccc(Br)cc1)C(=Cc1c[nH]c2ccccc12)NC(=O)c1ccccc1. The number of carbonyl (C=O) groups excluding carboxylic acids is 2. The van der Waals surface area contributed by atoms with Crippen molar-refractivity contribution in [2.75, 3.05) is 0 Å². The summed E-state index contributed by atoms with van der Waals surface area (Å²) in [5.41, 5.74) is 3.39. The number of rotatable bonds is 6. The number of halogens is 1. The van der Waals surface area contributed by atoms with Gasteiger partial charge in [-0.05, 0) is 42.0 Å². The van der Waals surface area contributed by atoms with Crippen LogP contribution >= 0.6 is 15.9 Å². The second-order valence-electron chi connectivity index (χ2n) is 6.98. The zero-order chi connectivity index (χ0) is 21.6. The molecule has 0 fully saturated rings. The topological polar surface area (TPSA) is 74.0 Å². The Morgan fingerprint density at radius 1 is 0.903 bits per heavy atom. The third-order valence-electron chi connectivity index (χ3n) is 4.82. The summed E-state index contributed by atoms with van der Waals surface area (Å²) in [6, 6.07) is 24.3. The zero-order valence-electron chi connectivity index (χ0n) is 16.6. The first-order valence-electron chi connectivity index (χ1n) is 9.77. The first-order valence-corrected chi connectivity index (χ1v) is 10.6. The number of fused-ring (bicyclic) bond motifs is 1. The minimum atomic E-state index is -0.363. The van der Waals surface area contributed by atoms with E-state index in [4.69, 9.17) is 0 Å². The van der Waals surface area contributed by atoms with Gasteiger partial charge in [0.15, 0.2) is 0 Å². The maximum Gasteiger partial charge on any atom is 0.268 e. The quantitative estimate of drug-likeness (QED) is 0.344. The molecule has 5 nitrogen and oxygen atoms in total. The van der Waals surface area contributed by atoms with E-state index >= 15 is 0 Å². The Morgan fingerprint density at radius 2 is 1.61 bits per heavy atom. The van der Waals surface area contributed by atoms with Gasteiger partial charge >= 0.3 is 0 Å². The van der Waals surface area contributed by atoms with E-state index in [1.54, 1.807) is 30.3 Å². The van der Waals surface area contributed by atoms with Crippen LogP contribution in [-0.4, -0.2) is 16.8 Å². The molecule has 0 spiro atoms. The van der Waals surface area contributed by atoms with Gasteiger partial charge in [0.05, 0.1) is 0 Å². The lowest BCUT2D eigenvalue weighted by atomic mass is 10.1. The first-order chi connectivity index (χ1) is 15.1. The summed E-state index contributed by atoms with van der Waals surface area (Å²) < 4.78 is 0.970. The molecule has 4 aromatic rings. The van der Waals surface area contributed by atoms with Crippen LogP contribution in [0.5, 0.6) is 0 Å². The molecule has 3 aromatic carbocycles. The number of para-hydroxylation sites is 1. The molecule has 2 amide bonds. The van der Waals surface area contributed by atoms with Crippen molar-refractivity contribution in [3.05, 3.63) is 112 Å². The van der Waals surface area contributed by atoms with Crippen molar-refractivity contribution in [2.24, 2.45) is 0 Å². The summed E-state index contributed by atoms with van der Waals surface area (Å²) in [5, 5.41) is 6.63. The lowest BCUT2D eigenvalue weighted by Crippen LogP contribution is -2.34. The minimum absolute atomic E-state index is 0.177. The van der Waals surface area contributed by atoms with E-state index < -0.39 is 0 Å². The van der Waals surface area contributed by atoms with Crippen LogP contribution in [0.1, 0.15) is 21.5 Å². The van der Waals surface area contributed by atoms with Crippen LogP contribution < -0.4 is 10.6 Å². The maximum atomic E-state index is 13.0. The third-order valence-corrected chi connectivity index (χ3v) is 5.34. The van der Waals surface area contributed by atoms with Crippen LogP contribution in [0, 0.1) is 0 Å². The van der Waals surface area contributed by atoms with E-state index in [-0.39, 0.29) is 17.5 Å². The van der Waals surface area contributed by atoms with Crippen molar-refractivity contribution in [3.63, 3.8) is 0 Å². The normalized spacial score (nSPS) is 11.3. The fourth-order valence-electron chi connectivity index (χ4n) is 3.19. The van der Waals surface area contributed by atoms with Gasteiger partial charge in [-0.15, -0.1) is 0 Å². The van der Waals surface area contributed by atoms with Gasteiger partial charge in [-0.3, -0.25) is 9.59 Å². The third kappa shape index (κ3) is 5.10. The Morgan fingerprint density at radius 3 is 2.39 bits per heavy atom. The van der Waals surface area contributed by atoms with Crippen molar-refractivity contribution >= 4 is 44.7 Å². The molecule has 0 bridgehead atoms. The lowest BCUT2D eigenvalue weighted by Gasteiger charge is -2.11. The number of hydrogen-bond donors (Lipinski definition) is 3. The van der Waals surface area contributed by atoms with Gasteiger partial charge < -0.3 is 15.6 Å².